The van der Waals surface area contributed by atoms with E-state index < -0.39 is 0 Å². The van der Waals surface area contributed by atoms with E-state index in [1.807, 2.05) is 11.3 Å². The zero-order chi connectivity index (χ0) is 12.1. The minimum Gasteiger partial charge on any atom is -0.344 e. The number of thiazole rings is 1. The summed E-state index contributed by atoms with van der Waals surface area (Å²) in [7, 11) is 0. The summed E-state index contributed by atoms with van der Waals surface area (Å²) >= 11 is 5.38. The van der Waals surface area contributed by atoms with Gasteiger partial charge in [0.2, 0.25) is 0 Å². The lowest BCUT2D eigenvalue weighted by atomic mass is 9.94. The molecule has 1 aromatic rings. The maximum absolute atomic E-state index is 4.75. The van der Waals surface area contributed by atoms with Crippen molar-refractivity contribution >= 4 is 32.4 Å². The molecule has 0 spiro atoms. The third-order valence-corrected chi connectivity index (χ3v) is 4.77. The average Bonchev–Trinajstić information content (AvgIpc) is 2.85. The van der Waals surface area contributed by atoms with Crippen molar-refractivity contribution in [3.63, 3.8) is 0 Å². The van der Waals surface area contributed by atoms with Gasteiger partial charge in [-0.05, 0) is 19.3 Å². The Hall–Kier alpha value is -0.0900. The van der Waals surface area contributed by atoms with Gasteiger partial charge in [0, 0.05) is 23.3 Å². The van der Waals surface area contributed by atoms with Crippen LogP contribution in [0.25, 0.3) is 0 Å². The van der Waals surface area contributed by atoms with E-state index in [-0.39, 0.29) is 0 Å². The number of alkyl halides is 1. The van der Waals surface area contributed by atoms with Crippen molar-refractivity contribution in [3.05, 3.63) is 11.1 Å². The number of aromatic nitrogens is 1. The Bertz CT molecular complexity index is 334. The van der Waals surface area contributed by atoms with Crippen LogP contribution in [0, 0.1) is 0 Å². The fraction of sp³-hybridized carbons (Fsp3) is 0.769. The predicted octanol–water partition coefficient (Wildman–Crippen LogP) is 4.24. The lowest BCUT2D eigenvalue weighted by Crippen LogP contribution is -2.38. The van der Waals surface area contributed by atoms with Crippen LogP contribution in [0.3, 0.4) is 0 Å². The Morgan fingerprint density at radius 1 is 1.41 bits per heavy atom. The van der Waals surface area contributed by atoms with E-state index in [9.17, 15) is 0 Å². The van der Waals surface area contributed by atoms with Gasteiger partial charge in [0.1, 0.15) is 0 Å². The van der Waals surface area contributed by atoms with Gasteiger partial charge in [-0.25, -0.2) is 4.98 Å². The molecule has 1 aliphatic carbocycles. The predicted molar refractivity (Wildman–Crippen MR) is 79.5 cm³/mol. The van der Waals surface area contributed by atoms with Gasteiger partial charge in [0.05, 0.1) is 5.69 Å². The standard InChI is InChI=1S/C13H21BrN2S/c1-2-11-10-17-13(15-11)16(9-8-14)12-6-4-3-5-7-12/h10,12H,2-9H2,1H3. The second kappa shape index (κ2) is 6.74. The van der Waals surface area contributed by atoms with Gasteiger partial charge >= 0.3 is 0 Å². The first-order valence-corrected chi connectivity index (χ1v) is 8.62. The topological polar surface area (TPSA) is 16.1 Å². The molecule has 0 amide bonds. The first-order chi connectivity index (χ1) is 8.35. The van der Waals surface area contributed by atoms with Crippen LogP contribution in [-0.2, 0) is 6.42 Å². The van der Waals surface area contributed by atoms with Crippen LogP contribution in [-0.4, -0.2) is 22.9 Å². The maximum atomic E-state index is 4.75. The third-order valence-electron chi connectivity index (χ3n) is 3.49. The SMILES string of the molecule is CCc1csc(N(CCBr)C2CCCCC2)n1. The summed E-state index contributed by atoms with van der Waals surface area (Å²) in [5.41, 5.74) is 1.24. The van der Waals surface area contributed by atoms with Gasteiger partial charge in [0.25, 0.3) is 0 Å². The van der Waals surface area contributed by atoms with Crippen molar-refractivity contribution in [2.24, 2.45) is 0 Å². The van der Waals surface area contributed by atoms with Crippen molar-refractivity contribution in [2.45, 2.75) is 51.5 Å². The van der Waals surface area contributed by atoms with Gasteiger partial charge in [0.15, 0.2) is 5.13 Å². The van der Waals surface area contributed by atoms with E-state index in [1.54, 1.807) is 0 Å². The highest BCUT2D eigenvalue weighted by molar-refractivity contribution is 9.09. The summed E-state index contributed by atoms with van der Waals surface area (Å²) in [6.45, 7) is 3.26. The van der Waals surface area contributed by atoms with Gasteiger partial charge in [-0.2, -0.15) is 0 Å². The van der Waals surface area contributed by atoms with Crippen LogP contribution >= 0.6 is 27.3 Å². The summed E-state index contributed by atoms with van der Waals surface area (Å²) in [6, 6.07) is 0.720. The molecule has 96 valence electrons. The smallest absolute Gasteiger partial charge is 0.185 e. The molecule has 1 aliphatic rings. The Balaban J connectivity index is 2.09. The summed E-state index contributed by atoms with van der Waals surface area (Å²) in [5.74, 6) is 0. The first kappa shape index (κ1) is 13.3. The number of anilines is 1. The quantitative estimate of drug-likeness (QED) is 0.755. The van der Waals surface area contributed by atoms with Gasteiger partial charge in [-0.15, -0.1) is 11.3 Å². The van der Waals surface area contributed by atoms with Crippen molar-refractivity contribution in [1.29, 1.82) is 0 Å². The molecule has 1 heterocycles. The van der Waals surface area contributed by atoms with Gasteiger partial charge in [-0.1, -0.05) is 42.1 Å². The molecule has 0 aromatic carbocycles. The molecule has 0 radical (unpaired) electrons. The fourth-order valence-electron chi connectivity index (χ4n) is 2.51. The van der Waals surface area contributed by atoms with Crippen molar-refractivity contribution in [2.75, 3.05) is 16.8 Å². The number of aryl methyl sites for hydroxylation is 1. The lowest BCUT2D eigenvalue weighted by molar-refractivity contribution is 0.418. The summed E-state index contributed by atoms with van der Waals surface area (Å²) in [6.07, 6.45) is 7.91. The highest BCUT2D eigenvalue weighted by atomic mass is 79.9. The fourth-order valence-corrected chi connectivity index (χ4v) is 3.90. The Kier molecular flexibility index (Phi) is 5.29. The minimum atomic E-state index is 0.720. The van der Waals surface area contributed by atoms with Crippen LogP contribution in [0.5, 0.6) is 0 Å². The number of hydrogen-bond donors (Lipinski definition) is 0. The van der Waals surface area contributed by atoms with Gasteiger partial charge < -0.3 is 4.90 Å². The van der Waals surface area contributed by atoms with E-state index in [2.05, 4.69) is 33.1 Å². The second-order valence-electron chi connectivity index (χ2n) is 4.65. The average molecular weight is 317 g/mol. The number of rotatable bonds is 5. The second-order valence-corrected chi connectivity index (χ2v) is 6.28. The normalized spacial score (nSPS) is 17.3. The number of hydrogen-bond acceptors (Lipinski definition) is 3. The van der Waals surface area contributed by atoms with E-state index in [0.717, 1.165) is 24.3 Å². The van der Waals surface area contributed by atoms with E-state index in [0.29, 0.717) is 0 Å². The van der Waals surface area contributed by atoms with Crippen LogP contribution in [0.1, 0.15) is 44.7 Å². The Labute approximate surface area is 117 Å². The highest BCUT2D eigenvalue weighted by Gasteiger charge is 2.22. The molecule has 0 atom stereocenters. The Morgan fingerprint density at radius 3 is 2.76 bits per heavy atom. The van der Waals surface area contributed by atoms with Crippen molar-refractivity contribution in [3.8, 4) is 0 Å². The Morgan fingerprint density at radius 2 is 2.18 bits per heavy atom. The minimum absolute atomic E-state index is 0.720. The molecule has 2 nitrogen and oxygen atoms in total. The van der Waals surface area contributed by atoms with Crippen LogP contribution in [0.2, 0.25) is 0 Å². The molecule has 0 saturated heterocycles. The zero-order valence-electron chi connectivity index (χ0n) is 10.5. The molecule has 0 unspecified atom stereocenters. The molecule has 1 fully saturated rings. The lowest BCUT2D eigenvalue weighted by Gasteiger charge is -2.33. The van der Waals surface area contributed by atoms with E-state index in [1.165, 1.54) is 42.9 Å². The van der Waals surface area contributed by atoms with Crippen molar-refractivity contribution < 1.29 is 0 Å². The highest BCUT2D eigenvalue weighted by Crippen LogP contribution is 2.29. The molecule has 0 N–H and O–H groups in total. The molecule has 17 heavy (non-hydrogen) atoms. The van der Waals surface area contributed by atoms with Crippen molar-refractivity contribution in [1.82, 2.24) is 4.98 Å². The molecule has 0 bridgehead atoms. The van der Waals surface area contributed by atoms with E-state index in [4.69, 9.17) is 4.98 Å². The maximum Gasteiger partial charge on any atom is 0.185 e. The molecule has 0 aliphatic heterocycles. The first-order valence-electron chi connectivity index (χ1n) is 6.62. The molecular formula is C13H21BrN2S. The van der Waals surface area contributed by atoms with Crippen LogP contribution in [0.15, 0.2) is 5.38 Å². The molecule has 2 rings (SSSR count). The molecule has 1 aromatic heterocycles. The summed E-state index contributed by atoms with van der Waals surface area (Å²) < 4.78 is 0. The molecule has 1 saturated carbocycles. The van der Waals surface area contributed by atoms with Crippen LogP contribution in [0.4, 0.5) is 5.13 Å². The van der Waals surface area contributed by atoms with Gasteiger partial charge in [-0.3, -0.25) is 0 Å². The van der Waals surface area contributed by atoms with Crippen LogP contribution < -0.4 is 4.90 Å². The molecular weight excluding hydrogens is 296 g/mol. The van der Waals surface area contributed by atoms with E-state index >= 15 is 0 Å². The number of halogens is 1. The summed E-state index contributed by atoms with van der Waals surface area (Å²) in [5, 5.41) is 4.47. The largest absolute Gasteiger partial charge is 0.344 e. The zero-order valence-corrected chi connectivity index (χ0v) is 12.9. The third kappa shape index (κ3) is 3.44. The number of nitrogens with zero attached hydrogens (tertiary/aromatic N) is 2. The monoisotopic (exact) mass is 316 g/mol. The summed E-state index contributed by atoms with van der Waals surface area (Å²) in [4.78, 5) is 7.27. The molecule has 4 heteroatoms.